The number of amidine groups is 1. The molecule has 2 aliphatic rings. The van der Waals surface area contributed by atoms with Gasteiger partial charge in [0.1, 0.15) is 6.67 Å². The van der Waals surface area contributed by atoms with Crippen molar-refractivity contribution in [2.75, 3.05) is 25.3 Å². The molecule has 0 amide bonds. The number of aliphatic imine (C=N–C) groups is 1. The minimum atomic E-state index is -0.358. The van der Waals surface area contributed by atoms with Crippen molar-refractivity contribution < 1.29 is 9.13 Å². The molecule has 0 unspecified atom stereocenters. The Kier molecular flexibility index (Phi) is 4.19. The number of hydrogen-bond acceptors (Lipinski definition) is 4. The lowest BCUT2D eigenvalue weighted by molar-refractivity contribution is 0.306. The van der Waals surface area contributed by atoms with E-state index < -0.39 is 0 Å². The fourth-order valence-electron chi connectivity index (χ4n) is 3.02. The second-order valence-corrected chi connectivity index (χ2v) is 5.81. The maximum atomic E-state index is 13.9. The fraction of sp³-hybridized carbons (Fsp3) is 0.533. The second-order valence-electron chi connectivity index (χ2n) is 5.48. The minimum absolute atomic E-state index is 0.255. The smallest absolute Gasteiger partial charge is 0.197 e. The van der Waals surface area contributed by atoms with E-state index >= 15 is 0 Å². The SMILES string of the molecule is COc1ccc(N2CN=C(Cl)N(C3CCCC3)C2)cc1F. The molecule has 1 aliphatic carbocycles. The Labute approximate surface area is 129 Å². The standard InChI is InChI=1S/C15H19ClFN3O/c1-21-14-7-6-12(8-13(14)17)19-9-18-15(16)20(10-19)11-4-2-3-5-11/h6-8,11H,2-5,9-10H2,1H3. The van der Waals surface area contributed by atoms with Gasteiger partial charge in [0.05, 0.1) is 13.8 Å². The van der Waals surface area contributed by atoms with Crippen molar-refractivity contribution in [2.24, 2.45) is 4.99 Å². The van der Waals surface area contributed by atoms with Gasteiger partial charge in [0, 0.05) is 17.8 Å². The van der Waals surface area contributed by atoms with Crippen molar-refractivity contribution >= 4 is 22.6 Å². The molecule has 0 atom stereocenters. The van der Waals surface area contributed by atoms with Crippen LogP contribution in [0.2, 0.25) is 0 Å². The van der Waals surface area contributed by atoms with Crippen LogP contribution in [0.5, 0.6) is 5.75 Å². The van der Waals surface area contributed by atoms with Gasteiger partial charge in [0.15, 0.2) is 16.9 Å². The van der Waals surface area contributed by atoms with Gasteiger partial charge >= 0.3 is 0 Å². The van der Waals surface area contributed by atoms with Crippen molar-refractivity contribution in [1.82, 2.24) is 4.90 Å². The summed E-state index contributed by atoms with van der Waals surface area (Å²) in [6.45, 7) is 1.10. The summed E-state index contributed by atoms with van der Waals surface area (Å²) in [7, 11) is 1.46. The first-order chi connectivity index (χ1) is 10.2. The van der Waals surface area contributed by atoms with E-state index in [2.05, 4.69) is 9.89 Å². The zero-order valence-electron chi connectivity index (χ0n) is 12.1. The van der Waals surface area contributed by atoms with Crippen molar-refractivity contribution in [2.45, 2.75) is 31.7 Å². The highest BCUT2D eigenvalue weighted by molar-refractivity contribution is 6.64. The summed E-state index contributed by atoms with van der Waals surface area (Å²) in [6, 6.07) is 5.43. The monoisotopic (exact) mass is 311 g/mol. The van der Waals surface area contributed by atoms with Gasteiger partial charge in [-0.15, -0.1) is 0 Å². The van der Waals surface area contributed by atoms with Crippen LogP contribution in [-0.2, 0) is 0 Å². The third-order valence-corrected chi connectivity index (χ3v) is 4.53. The van der Waals surface area contributed by atoms with Crippen LogP contribution in [0.25, 0.3) is 0 Å². The first-order valence-electron chi connectivity index (χ1n) is 7.24. The van der Waals surface area contributed by atoms with E-state index in [4.69, 9.17) is 16.3 Å². The predicted molar refractivity (Wildman–Crippen MR) is 82.5 cm³/mol. The van der Waals surface area contributed by atoms with Crippen LogP contribution in [0, 0.1) is 5.82 Å². The van der Waals surface area contributed by atoms with E-state index in [0.29, 0.717) is 24.7 Å². The molecule has 6 heteroatoms. The molecule has 4 nitrogen and oxygen atoms in total. The molecule has 0 bridgehead atoms. The van der Waals surface area contributed by atoms with Gasteiger partial charge in [0.25, 0.3) is 0 Å². The predicted octanol–water partition coefficient (Wildman–Crippen LogP) is 3.41. The summed E-state index contributed by atoms with van der Waals surface area (Å²) < 4.78 is 18.8. The number of nitrogens with zero attached hydrogens (tertiary/aromatic N) is 3. The third kappa shape index (κ3) is 2.93. The van der Waals surface area contributed by atoms with Gasteiger partial charge in [-0.25, -0.2) is 9.38 Å². The van der Waals surface area contributed by atoms with Crippen molar-refractivity contribution in [1.29, 1.82) is 0 Å². The lowest BCUT2D eigenvalue weighted by atomic mass is 10.2. The van der Waals surface area contributed by atoms with E-state index in [9.17, 15) is 4.39 Å². The molecule has 3 rings (SSSR count). The summed E-state index contributed by atoms with van der Waals surface area (Å²) in [6.07, 6.45) is 4.78. The highest BCUT2D eigenvalue weighted by atomic mass is 35.5. The zero-order valence-corrected chi connectivity index (χ0v) is 12.8. The molecule has 1 aromatic rings. The summed E-state index contributed by atoms with van der Waals surface area (Å²) in [5.74, 6) is -0.104. The normalized spacial score (nSPS) is 19.9. The van der Waals surface area contributed by atoms with Gasteiger partial charge in [-0.2, -0.15) is 0 Å². The number of anilines is 1. The zero-order chi connectivity index (χ0) is 14.8. The molecule has 0 aromatic heterocycles. The number of ether oxygens (including phenoxy) is 1. The summed E-state index contributed by atoms with van der Waals surface area (Å²) in [5.41, 5.74) is 0.796. The maximum absolute atomic E-state index is 13.9. The highest BCUT2D eigenvalue weighted by Crippen LogP contribution is 2.29. The molecule has 1 aliphatic heterocycles. The summed E-state index contributed by atoms with van der Waals surface area (Å²) >= 11 is 6.25. The average molecular weight is 312 g/mol. The minimum Gasteiger partial charge on any atom is -0.494 e. The molecule has 0 spiro atoms. The van der Waals surface area contributed by atoms with E-state index in [1.165, 1.54) is 26.0 Å². The van der Waals surface area contributed by atoms with Crippen LogP contribution < -0.4 is 9.64 Å². The Hall–Kier alpha value is -1.49. The number of methoxy groups -OCH3 is 1. The lowest BCUT2D eigenvalue weighted by Crippen LogP contribution is -2.48. The molecule has 0 saturated heterocycles. The van der Waals surface area contributed by atoms with E-state index in [1.54, 1.807) is 6.07 Å². The molecular weight excluding hydrogens is 293 g/mol. The quantitative estimate of drug-likeness (QED) is 0.801. The van der Waals surface area contributed by atoms with Gasteiger partial charge < -0.3 is 14.5 Å². The van der Waals surface area contributed by atoms with Crippen LogP contribution in [0.1, 0.15) is 25.7 Å². The molecule has 1 fully saturated rings. The molecular formula is C15H19ClFN3O. The third-order valence-electron chi connectivity index (χ3n) is 4.20. The van der Waals surface area contributed by atoms with E-state index in [1.807, 2.05) is 11.0 Å². The van der Waals surface area contributed by atoms with Gasteiger partial charge in [-0.3, -0.25) is 0 Å². The van der Waals surface area contributed by atoms with Crippen LogP contribution in [0.3, 0.4) is 0 Å². The van der Waals surface area contributed by atoms with Crippen molar-refractivity contribution in [3.8, 4) is 5.75 Å². The van der Waals surface area contributed by atoms with Gasteiger partial charge in [-0.1, -0.05) is 12.8 Å². The number of benzene rings is 1. The Balaban J connectivity index is 1.79. The number of halogens is 2. The van der Waals surface area contributed by atoms with E-state index in [0.717, 1.165) is 18.5 Å². The Bertz CT molecular complexity index is 546. The second kappa shape index (κ2) is 6.10. The van der Waals surface area contributed by atoms with E-state index in [-0.39, 0.29) is 11.6 Å². The molecule has 1 heterocycles. The van der Waals surface area contributed by atoms with Crippen LogP contribution >= 0.6 is 11.6 Å². The average Bonchev–Trinajstić information content (AvgIpc) is 3.01. The van der Waals surface area contributed by atoms with Gasteiger partial charge in [0.2, 0.25) is 0 Å². The van der Waals surface area contributed by atoms with Crippen molar-refractivity contribution in [3.05, 3.63) is 24.0 Å². The molecule has 1 aromatic carbocycles. The molecule has 114 valence electrons. The Morgan fingerprint density at radius 2 is 2.10 bits per heavy atom. The van der Waals surface area contributed by atoms with Crippen LogP contribution in [0.15, 0.2) is 23.2 Å². The Morgan fingerprint density at radius 3 is 2.76 bits per heavy atom. The molecule has 1 saturated carbocycles. The van der Waals surface area contributed by atoms with Crippen LogP contribution in [0.4, 0.5) is 10.1 Å². The topological polar surface area (TPSA) is 28.1 Å². The molecule has 0 N–H and O–H groups in total. The number of rotatable bonds is 3. The summed E-state index contributed by atoms with van der Waals surface area (Å²) in [4.78, 5) is 8.51. The maximum Gasteiger partial charge on any atom is 0.197 e. The summed E-state index contributed by atoms with van der Waals surface area (Å²) in [5, 5.41) is 0.576. The highest BCUT2D eigenvalue weighted by Gasteiger charge is 2.28. The molecule has 21 heavy (non-hydrogen) atoms. The van der Waals surface area contributed by atoms with Crippen molar-refractivity contribution in [3.63, 3.8) is 0 Å². The Morgan fingerprint density at radius 1 is 1.33 bits per heavy atom. The largest absolute Gasteiger partial charge is 0.494 e. The first kappa shape index (κ1) is 14.4. The first-order valence-corrected chi connectivity index (χ1v) is 7.62. The fourth-order valence-corrected chi connectivity index (χ4v) is 3.26. The van der Waals surface area contributed by atoms with Gasteiger partial charge in [-0.05, 0) is 36.6 Å². The number of hydrogen-bond donors (Lipinski definition) is 0. The lowest BCUT2D eigenvalue weighted by Gasteiger charge is -2.38. The molecule has 0 radical (unpaired) electrons. The van der Waals surface area contributed by atoms with Crippen LogP contribution in [-0.4, -0.2) is 36.7 Å².